The second kappa shape index (κ2) is 12.0. The zero-order valence-electron chi connectivity index (χ0n) is 26.3. The molecule has 1 saturated heterocycles. The highest BCUT2D eigenvalue weighted by Crippen LogP contribution is 2.30. The number of nitrogens with one attached hydrogen (secondary N) is 1. The molecular formula is C34H38N8O3. The predicted octanol–water partition coefficient (Wildman–Crippen LogP) is 4.28. The summed E-state index contributed by atoms with van der Waals surface area (Å²) in [5.41, 5.74) is 3.10. The van der Waals surface area contributed by atoms with Crippen LogP contribution in [0.4, 0.5) is 11.5 Å². The van der Waals surface area contributed by atoms with Gasteiger partial charge in [-0.1, -0.05) is 32.9 Å². The average molecular weight is 607 g/mol. The van der Waals surface area contributed by atoms with Crippen LogP contribution in [0.1, 0.15) is 56.2 Å². The van der Waals surface area contributed by atoms with E-state index in [4.69, 9.17) is 0 Å². The van der Waals surface area contributed by atoms with Crippen LogP contribution in [0.3, 0.4) is 0 Å². The predicted molar refractivity (Wildman–Crippen MR) is 175 cm³/mol. The van der Waals surface area contributed by atoms with Crippen molar-refractivity contribution in [2.24, 2.45) is 7.05 Å². The highest BCUT2D eigenvalue weighted by atomic mass is 16.3. The largest absolute Gasteiger partial charge is 0.392 e. The van der Waals surface area contributed by atoms with E-state index in [-0.39, 0.29) is 28.0 Å². The lowest BCUT2D eigenvalue weighted by Gasteiger charge is -2.29. The maximum atomic E-state index is 13.6. The molecule has 5 heterocycles. The number of aryl methyl sites for hydroxylation is 1. The molecule has 0 amide bonds. The topological polar surface area (TPSA) is 131 Å². The van der Waals surface area contributed by atoms with Crippen molar-refractivity contribution in [1.82, 2.24) is 34.4 Å². The lowest BCUT2D eigenvalue weighted by atomic mass is 9.86. The SMILES string of the molecule is CN1CCC(c2ccc(Nc3cc(-c4ccnc(-n5ncc6cc(C(C)(C)C)ccc6c5=O)c4CO)nn(C)c3=O)nc2)CC1. The summed E-state index contributed by atoms with van der Waals surface area (Å²) in [6.07, 6.45) is 7.24. The van der Waals surface area contributed by atoms with E-state index in [9.17, 15) is 14.7 Å². The van der Waals surface area contributed by atoms with Gasteiger partial charge >= 0.3 is 0 Å². The number of benzene rings is 1. The van der Waals surface area contributed by atoms with E-state index in [1.54, 1.807) is 31.4 Å². The number of hydrogen-bond donors (Lipinski definition) is 2. The molecule has 0 unspecified atom stereocenters. The molecular weight excluding hydrogens is 568 g/mol. The Morgan fingerprint density at radius 1 is 0.956 bits per heavy atom. The third kappa shape index (κ3) is 6.01. The number of piperidine rings is 1. The molecule has 4 aromatic heterocycles. The van der Waals surface area contributed by atoms with Crippen molar-refractivity contribution in [2.45, 2.75) is 51.6 Å². The van der Waals surface area contributed by atoms with Crippen LogP contribution in [-0.4, -0.2) is 59.7 Å². The molecule has 45 heavy (non-hydrogen) atoms. The number of likely N-dealkylation sites (tertiary alicyclic amines) is 1. The molecule has 0 radical (unpaired) electrons. The van der Waals surface area contributed by atoms with Crippen LogP contribution in [0.2, 0.25) is 0 Å². The first-order valence-electron chi connectivity index (χ1n) is 15.2. The Kier molecular flexibility index (Phi) is 8.07. The number of nitrogens with zero attached hydrogens (tertiary/aromatic N) is 7. The lowest BCUT2D eigenvalue weighted by Crippen LogP contribution is -2.29. The first-order valence-corrected chi connectivity index (χ1v) is 15.2. The van der Waals surface area contributed by atoms with E-state index in [0.29, 0.717) is 33.9 Å². The number of pyridine rings is 2. The summed E-state index contributed by atoms with van der Waals surface area (Å²) in [4.78, 5) is 38.0. The minimum atomic E-state index is -0.430. The van der Waals surface area contributed by atoms with Crippen molar-refractivity contribution < 1.29 is 5.11 Å². The maximum Gasteiger partial charge on any atom is 0.290 e. The zero-order chi connectivity index (χ0) is 31.9. The van der Waals surface area contributed by atoms with Crippen LogP contribution in [0.15, 0.2) is 70.6 Å². The summed E-state index contributed by atoms with van der Waals surface area (Å²) in [5, 5.41) is 23.8. The standard InChI is InChI=1S/C34H38N8O3/c1-34(2,3)24-7-8-25-23(16-24)19-37-42(32(25)44)31-27(20-43)26(10-13-35-31)28-17-29(33(45)41(5)39-28)38-30-9-6-22(18-36-30)21-11-14-40(4)15-12-21/h6-10,13,16-19,21,43H,11-12,14-15,20H2,1-5H3,(H,36,38). The molecule has 2 N–H and O–H groups in total. The van der Waals surface area contributed by atoms with Gasteiger partial charge in [-0.05, 0) is 85.8 Å². The number of fused-ring (bicyclic) bond motifs is 1. The Hall–Kier alpha value is -4.74. The second-order valence-corrected chi connectivity index (χ2v) is 12.8. The average Bonchev–Trinajstić information content (AvgIpc) is 3.03. The Morgan fingerprint density at radius 2 is 1.73 bits per heavy atom. The molecule has 232 valence electrons. The third-order valence-electron chi connectivity index (χ3n) is 8.62. The van der Waals surface area contributed by atoms with Crippen molar-refractivity contribution in [1.29, 1.82) is 0 Å². The van der Waals surface area contributed by atoms with Gasteiger partial charge in [-0.25, -0.2) is 14.6 Å². The minimum absolute atomic E-state index is 0.0779. The highest BCUT2D eigenvalue weighted by Gasteiger charge is 2.21. The van der Waals surface area contributed by atoms with Gasteiger partial charge in [0.05, 0.1) is 23.9 Å². The van der Waals surface area contributed by atoms with Crippen LogP contribution in [-0.2, 0) is 19.1 Å². The molecule has 1 aromatic carbocycles. The van der Waals surface area contributed by atoms with Gasteiger partial charge in [0, 0.05) is 36.0 Å². The number of aliphatic hydroxyl groups excluding tert-OH is 1. The van der Waals surface area contributed by atoms with Crippen LogP contribution in [0, 0.1) is 0 Å². The van der Waals surface area contributed by atoms with Crippen molar-refractivity contribution in [2.75, 3.05) is 25.5 Å². The molecule has 1 fully saturated rings. The zero-order valence-corrected chi connectivity index (χ0v) is 26.3. The van der Waals surface area contributed by atoms with Gasteiger partial charge in [0.2, 0.25) is 0 Å². The number of aliphatic hydroxyl groups is 1. The molecule has 0 spiro atoms. The van der Waals surface area contributed by atoms with Gasteiger partial charge in [-0.3, -0.25) is 9.59 Å². The summed E-state index contributed by atoms with van der Waals surface area (Å²) >= 11 is 0. The molecule has 0 atom stereocenters. The van der Waals surface area contributed by atoms with Crippen LogP contribution >= 0.6 is 0 Å². The molecule has 0 aliphatic carbocycles. The van der Waals surface area contributed by atoms with Gasteiger partial charge in [0.1, 0.15) is 11.5 Å². The molecule has 1 aliphatic rings. The second-order valence-electron chi connectivity index (χ2n) is 12.8. The van der Waals surface area contributed by atoms with Crippen molar-refractivity contribution in [3.05, 3.63) is 98.5 Å². The number of aromatic nitrogens is 6. The quantitative estimate of drug-likeness (QED) is 0.291. The van der Waals surface area contributed by atoms with E-state index >= 15 is 0 Å². The molecule has 5 aromatic rings. The van der Waals surface area contributed by atoms with E-state index in [2.05, 4.69) is 64.3 Å². The van der Waals surface area contributed by atoms with Gasteiger partial charge in [0.15, 0.2) is 5.82 Å². The van der Waals surface area contributed by atoms with Gasteiger partial charge < -0.3 is 15.3 Å². The fourth-order valence-corrected chi connectivity index (χ4v) is 5.86. The summed E-state index contributed by atoms with van der Waals surface area (Å²) < 4.78 is 2.43. The fourth-order valence-electron chi connectivity index (χ4n) is 5.86. The van der Waals surface area contributed by atoms with E-state index < -0.39 is 6.61 Å². The number of rotatable bonds is 6. The van der Waals surface area contributed by atoms with E-state index in [1.807, 2.05) is 24.4 Å². The number of hydrogen-bond acceptors (Lipinski definition) is 9. The molecule has 11 nitrogen and oxygen atoms in total. The van der Waals surface area contributed by atoms with E-state index in [0.717, 1.165) is 36.9 Å². The van der Waals surface area contributed by atoms with E-state index in [1.165, 1.54) is 21.1 Å². The van der Waals surface area contributed by atoms with Crippen molar-refractivity contribution in [3.63, 3.8) is 0 Å². The molecule has 11 heteroatoms. The van der Waals surface area contributed by atoms with Gasteiger partial charge in [-0.15, -0.1) is 0 Å². The van der Waals surface area contributed by atoms with Crippen LogP contribution < -0.4 is 16.4 Å². The lowest BCUT2D eigenvalue weighted by molar-refractivity contribution is 0.255. The normalized spacial score (nSPS) is 14.6. The fraction of sp³-hybridized carbons (Fsp3) is 0.353. The number of anilines is 2. The summed E-state index contributed by atoms with van der Waals surface area (Å²) in [7, 11) is 3.71. The summed E-state index contributed by atoms with van der Waals surface area (Å²) in [6, 6.07) is 13.0. The highest BCUT2D eigenvalue weighted by molar-refractivity contribution is 5.82. The summed E-state index contributed by atoms with van der Waals surface area (Å²) in [5.74, 6) is 1.21. The monoisotopic (exact) mass is 606 g/mol. The first-order chi connectivity index (χ1) is 21.5. The van der Waals surface area contributed by atoms with Crippen LogP contribution in [0.25, 0.3) is 27.8 Å². The Bertz CT molecular complexity index is 1990. The molecule has 6 rings (SSSR count). The first kappa shape index (κ1) is 30.3. The molecule has 1 aliphatic heterocycles. The third-order valence-corrected chi connectivity index (χ3v) is 8.62. The smallest absolute Gasteiger partial charge is 0.290 e. The van der Waals surface area contributed by atoms with Crippen molar-refractivity contribution >= 4 is 22.3 Å². The Balaban J connectivity index is 1.35. The Morgan fingerprint density at radius 3 is 2.42 bits per heavy atom. The van der Waals surface area contributed by atoms with Crippen molar-refractivity contribution in [3.8, 4) is 17.1 Å². The molecule has 0 bridgehead atoms. The molecule has 0 saturated carbocycles. The van der Waals surface area contributed by atoms with Gasteiger partial charge in [-0.2, -0.15) is 14.9 Å². The van der Waals surface area contributed by atoms with Crippen LogP contribution in [0.5, 0.6) is 0 Å². The Labute approximate surface area is 261 Å². The minimum Gasteiger partial charge on any atom is -0.392 e. The maximum absolute atomic E-state index is 13.6. The van der Waals surface area contributed by atoms with Gasteiger partial charge in [0.25, 0.3) is 11.1 Å². The summed E-state index contributed by atoms with van der Waals surface area (Å²) in [6.45, 7) is 8.05.